The summed E-state index contributed by atoms with van der Waals surface area (Å²) in [7, 11) is 2.12. The first kappa shape index (κ1) is 11.0. The molecule has 0 aliphatic carbocycles. The second kappa shape index (κ2) is 6.35. The van der Waals surface area contributed by atoms with Crippen LogP contribution in [0.15, 0.2) is 0 Å². The number of ether oxygens (including phenoxy) is 1. The van der Waals surface area contributed by atoms with E-state index in [1.54, 1.807) is 0 Å². The second-order valence-corrected chi connectivity index (χ2v) is 3.92. The minimum Gasteiger partial charge on any atom is -0.396 e. The van der Waals surface area contributed by atoms with Crippen LogP contribution in [-0.2, 0) is 4.74 Å². The molecule has 0 aromatic rings. The van der Waals surface area contributed by atoms with Crippen LogP contribution in [0.2, 0.25) is 0 Å². The molecule has 0 amide bonds. The van der Waals surface area contributed by atoms with Crippen molar-refractivity contribution in [2.75, 3.05) is 40.0 Å². The highest BCUT2D eigenvalue weighted by molar-refractivity contribution is 4.66. The Bertz CT molecular complexity index is 124. The van der Waals surface area contributed by atoms with Crippen molar-refractivity contribution in [3.05, 3.63) is 0 Å². The predicted octanol–water partition coefficient (Wildman–Crippen LogP) is 0.727. The second-order valence-electron chi connectivity index (χ2n) is 3.92. The first-order valence-electron chi connectivity index (χ1n) is 5.20. The summed E-state index contributed by atoms with van der Waals surface area (Å²) in [6.07, 6.45) is 3.38. The van der Waals surface area contributed by atoms with Gasteiger partial charge in [0.05, 0.1) is 6.61 Å². The van der Waals surface area contributed by atoms with Crippen LogP contribution in [0, 0.1) is 5.92 Å². The molecule has 1 atom stereocenters. The van der Waals surface area contributed by atoms with Crippen molar-refractivity contribution in [3.8, 4) is 0 Å². The zero-order valence-corrected chi connectivity index (χ0v) is 8.54. The van der Waals surface area contributed by atoms with Crippen LogP contribution in [0.25, 0.3) is 0 Å². The summed E-state index contributed by atoms with van der Waals surface area (Å²) in [6, 6.07) is 0. The van der Waals surface area contributed by atoms with Crippen molar-refractivity contribution in [2.45, 2.75) is 19.3 Å². The molecule has 0 aromatic heterocycles. The first-order chi connectivity index (χ1) is 6.33. The highest BCUT2D eigenvalue weighted by atomic mass is 16.5. The van der Waals surface area contributed by atoms with Crippen LogP contribution < -0.4 is 0 Å². The fourth-order valence-electron chi connectivity index (χ4n) is 1.82. The standard InChI is InChI=1S/C10H21NO2/c1-11(5-3-6-12)8-10-4-2-7-13-9-10/h10,12H,2-9H2,1H3. The van der Waals surface area contributed by atoms with Crippen molar-refractivity contribution < 1.29 is 9.84 Å². The normalized spacial score (nSPS) is 23.8. The van der Waals surface area contributed by atoms with Gasteiger partial charge in [-0.15, -0.1) is 0 Å². The van der Waals surface area contributed by atoms with Crippen LogP contribution in [0.3, 0.4) is 0 Å². The molecule has 3 nitrogen and oxygen atoms in total. The fraction of sp³-hybridized carbons (Fsp3) is 1.00. The molecule has 3 heteroatoms. The molecule has 1 saturated heterocycles. The summed E-state index contributed by atoms with van der Waals surface area (Å²) in [6.45, 7) is 4.26. The number of aliphatic hydroxyl groups excluding tert-OH is 1. The summed E-state index contributed by atoms with van der Waals surface area (Å²) >= 11 is 0. The van der Waals surface area contributed by atoms with Crippen LogP contribution >= 0.6 is 0 Å². The average Bonchev–Trinajstić information content (AvgIpc) is 2.16. The van der Waals surface area contributed by atoms with E-state index in [-0.39, 0.29) is 0 Å². The van der Waals surface area contributed by atoms with Gasteiger partial charge in [-0.3, -0.25) is 0 Å². The fourth-order valence-corrected chi connectivity index (χ4v) is 1.82. The topological polar surface area (TPSA) is 32.7 Å². The van der Waals surface area contributed by atoms with Gasteiger partial charge in [0.25, 0.3) is 0 Å². The van der Waals surface area contributed by atoms with Gasteiger partial charge in [-0.2, -0.15) is 0 Å². The largest absolute Gasteiger partial charge is 0.396 e. The number of nitrogens with zero attached hydrogens (tertiary/aromatic N) is 1. The van der Waals surface area contributed by atoms with Crippen LogP contribution in [0.5, 0.6) is 0 Å². The third-order valence-electron chi connectivity index (χ3n) is 2.52. The van der Waals surface area contributed by atoms with E-state index in [4.69, 9.17) is 9.84 Å². The molecule has 13 heavy (non-hydrogen) atoms. The zero-order chi connectivity index (χ0) is 9.52. The molecular formula is C10H21NO2. The molecule has 0 spiro atoms. The number of aliphatic hydroxyl groups is 1. The number of rotatable bonds is 5. The summed E-state index contributed by atoms with van der Waals surface area (Å²) in [4.78, 5) is 2.29. The van der Waals surface area contributed by atoms with Crippen LogP contribution in [0.1, 0.15) is 19.3 Å². The third kappa shape index (κ3) is 4.60. The molecule has 1 aliphatic heterocycles. The van der Waals surface area contributed by atoms with Gasteiger partial charge >= 0.3 is 0 Å². The molecular weight excluding hydrogens is 166 g/mol. The lowest BCUT2D eigenvalue weighted by Crippen LogP contribution is -2.31. The number of hydrogen-bond donors (Lipinski definition) is 1. The van der Waals surface area contributed by atoms with Crippen molar-refractivity contribution >= 4 is 0 Å². The lowest BCUT2D eigenvalue weighted by molar-refractivity contribution is 0.0414. The van der Waals surface area contributed by atoms with Crippen molar-refractivity contribution in [3.63, 3.8) is 0 Å². The van der Waals surface area contributed by atoms with E-state index < -0.39 is 0 Å². The molecule has 1 aliphatic rings. The van der Waals surface area contributed by atoms with Gasteiger partial charge < -0.3 is 14.7 Å². The Balaban J connectivity index is 2.07. The van der Waals surface area contributed by atoms with Crippen molar-refractivity contribution in [1.29, 1.82) is 0 Å². The van der Waals surface area contributed by atoms with Gasteiger partial charge in [-0.25, -0.2) is 0 Å². The third-order valence-corrected chi connectivity index (χ3v) is 2.52. The molecule has 1 rings (SSSR count). The van der Waals surface area contributed by atoms with Crippen LogP contribution in [-0.4, -0.2) is 50.0 Å². The molecule has 78 valence electrons. The minimum absolute atomic E-state index is 0.297. The van der Waals surface area contributed by atoms with E-state index in [0.29, 0.717) is 12.5 Å². The molecule has 0 aromatic carbocycles. The van der Waals surface area contributed by atoms with Gasteiger partial charge in [0.15, 0.2) is 0 Å². The first-order valence-corrected chi connectivity index (χ1v) is 5.20. The Morgan fingerprint density at radius 2 is 2.38 bits per heavy atom. The maximum absolute atomic E-state index is 8.67. The molecule has 1 fully saturated rings. The summed E-state index contributed by atoms with van der Waals surface area (Å²) in [5, 5.41) is 8.67. The molecule has 1 N–H and O–H groups in total. The van der Waals surface area contributed by atoms with Crippen molar-refractivity contribution in [2.24, 2.45) is 5.92 Å². The summed E-state index contributed by atoms with van der Waals surface area (Å²) in [5.74, 6) is 0.706. The molecule has 0 radical (unpaired) electrons. The quantitative estimate of drug-likeness (QED) is 0.688. The Morgan fingerprint density at radius 3 is 3.00 bits per heavy atom. The SMILES string of the molecule is CN(CCCO)CC1CCCOC1. The van der Waals surface area contributed by atoms with Gasteiger partial charge in [0, 0.05) is 26.3 Å². The smallest absolute Gasteiger partial charge is 0.0506 e. The van der Waals surface area contributed by atoms with Gasteiger partial charge in [0.2, 0.25) is 0 Å². The van der Waals surface area contributed by atoms with E-state index in [0.717, 1.165) is 32.7 Å². The summed E-state index contributed by atoms with van der Waals surface area (Å²) < 4.78 is 5.41. The van der Waals surface area contributed by atoms with E-state index in [1.807, 2.05) is 0 Å². The lowest BCUT2D eigenvalue weighted by Gasteiger charge is -2.26. The number of hydrogen-bond acceptors (Lipinski definition) is 3. The van der Waals surface area contributed by atoms with Crippen molar-refractivity contribution in [1.82, 2.24) is 4.90 Å². The maximum atomic E-state index is 8.67. The lowest BCUT2D eigenvalue weighted by atomic mass is 10.0. The zero-order valence-electron chi connectivity index (χ0n) is 8.54. The predicted molar refractivity (Wildman–Crippen MR) is 52.7 cm³/mol. The molecule has 1 unspecified atom stereocenters. The van der Waals surface area contributed by atoms with E-state index in [1.165, 1.54) is 12.8 Å². The minimum atomic E-state index is 0.297. The summed E-state index contributed by atoms with van der Waals surface area (Å²) in [5.41, 5.74) is 0. The van der Waals surface area contributed by atoms with E-state index in [9.17, 15) is 0 Å². The average molecular weight is 187 g/mol. The van der Waals surface area contributed by atoms with E-state index >= 15 is 0 Å². The Kier molecular flexibility index (Phi) is 5.35. The maximum Gasteiger partial charge on any atom is 0.0506 e. The van der Waals surface area contributed by atoms with Gasteiger partial charge in [0.1, 0.15) is 0 Å². The van der Waals surface area contributed by atoms with Gasteiger partial charge in [-0.05, 0) is 32.2 Å². The molecule has 0 saturated carbocycles. The molecule has 1 heterocycles. The highest BCUT2D eigenvalue weighted by Gasteiger charge is 2.15. The molecule has 0 bridgehead atoms. The Hall–Kier alpha value is -0.120. The highest BCUT2D eigenvalue weighted by Crippen LogP contribution is 2.14. The Morgan fingerprint density at radius 1 is 1.54 bits per heavy atom. The van der Waals surface area contributed by atoms with Crippen LogP contribution in [0.4, 0.5) is 0 Å². The van der Waals surface area contributed by atoms with Gasteiger partial charge in [-0.1, -0.05) is 0 Å². The monoisotopic (exact) mass is 187 g/mol. The Labute approximate surface area is 80.7 Å². The van der Waals surface area contributed by atoms with E-state index in [2.05, 4.69) is 11.9 Å².